The molecule has 0 bridgehead atoms. The third kappa shape index (κ3) is 3.42. The summed E-state index contributed by atoms with van der Waals surface area (Å²) in [6.45, 7) is 4.74. The second-order valence-corrected chi connectivity index (χ2v) is 6.29. The molecule has 2 aromatic rings. The molecule has 1 saturated heterocycles. The first kappa shape index (κ1) is 16.4. The molecule has 1 aliphatic rings. The Hall–Kier alpha value is -1.02. The number of likely N-dealkylation sites (tertiary alicyclic amines) is 1. The average Bonchev–Trinajstić information content (AvgIpc) is 2.98. The largest absolute Gasteiger partial charge is 0.318 e. The number of likely N-dealkylation sites (N-methyl/N-ethyl adjacent to an activating group) is 1. The number of aryl methyl sites for hydroxylation is 1. The van der Waals surface area contributed by atoms with E-state index in [9.17, 15) is 4.79 Å². The van der Waals surface area contributed by atoms with Crippen LogP contribution in [0.15, 0.2) is 10.9 Å². The molecule has 1 N–H and O–H groups in total. The molecule has 0 aromatic carbocycles. The molecule has 3 heterocycles. The van der Waals surface area contributed by atoms with E-state index in [1.165, 1.54) is 34.8 Å². The molecular weight excluding hydrogens is 310 g/mol. The van der Waals surface area contributed by atoms with Gasteiger partial charge in [-0.3, -0.25) is 9.69 Å². The molecule has 8 heteroatoms. The van der Waals surface area contributed by atoms with Crippen molar-refractivity contribution in [3.63, 3.8) is 0 Å². The molecular formula is C13H20ClN5OS. The van der Waals surface area contributed by atoms with Crippen molar-refractivity contribution in [3.8, 4) is 0 Å². The number of nitrogens with zero attached hydrogens (tertiary/aromatic N) is 4. The summed E-state index contributed by atoms with van der Waals surface area (Å²) in [5, 5.41) is 8.61. The highest BCUT2D eigenvalue weighted by atomic mass is 35.5. The highest BCUT2D eigenvalue weighted by Gasteiger charge is 2.25. The summed E-state index contributed by atoms with van der Waals surface area (Å²) in [6, 6.07) is 2.09. The number of aromatic nitrogens is 3. The van der Waals surface area contributed by atoms with Crippen LogP contribution >= 0.6 is 23.7 Å². The summed E-state index contributed by atoms with van der Waals surface area (Å²) in [7, 11) is 1.99. The van der Waals surface area contributed by atoms with Crippen LogP contribution in [0, 0.1) is 6.92 Å². The minimum atomic E-state index is -0.0943. The van der Waals surface area contributed by atoms with Crippen LogP contribution in [0.1, 0.15) is 23.5 Å². The van der Waals surface area contributed by atoms with E-state index < -0.39 is 0 Å². The number of hydrogen-bond acceptors (Lipinski definition) is 6. The van der Waals surface area contributed by atoms with Gasteiger partial charge in [0.2, 0.25) is 4.96 Å². The van der Waals surface area contributed by atoms with Gasteiger partial charge in [0.25, 0.3) is 5.56 Å². The van der Waals surface area contributed by atoms with Crippen molar-refractivity contribution in [3.05, 3.63) is 27.1 Å². The van der Waals surface area contributed by atoms with Gasteiger partial charge in [0.05, 0.1) is 6.54 Å². The van der Waals surface area contributed by atoms with Crippen LogP contribution in [0.3, 0.4) is 0 Å². The van der Waals surface area contributed by atoms with Crippen molar-refractivity contribution in [1.29, 1.82) is 0 Å². The second-order valence-electron chi connectivity index (χ2n) is 5.25. The molecule has 1 fully saturated rings. The van der Waals surface area contributed by atoms with E-state index in [2.05, 4.69) is 20.3 Å². The zero-order chi connectivity index (χ0) is 14.1. The van der Waals surface area contributed by atoms with Crippen molar-refractivity contribution >= 4 is 28.7 Å². The van der Waals surface area contributed by atoms with E-state index in [4.69, 9.17) is 0 Å². The monoisotopic (exact) mass is 329 g/mol. The van der Waals surface area contributed by atoms with Crippen LogP contribution in [0.5, 0.6) is 0 Å². The van der Waals surface area contributed by atoms with Gasteiger partial charge in [0.15, 0.2) is 0 Å². The van der Waals surface area contributed by atoms with Gasteiger partial charge in [-0.05, 0) is 33.4 Å². The SMILES string of the molecule is CNCC1CCCN1Cc1nn2c(=O)cc(C)nc2s1.Cl. The third-order valence-corrected chi connectivity index (χ3v) is 4.59. The molecule has 0 spiro atoms. The Morgan fingerprint density at radius 3 is 3.10 bits per heavy atom. The Labute approximate surface area is 133 Å². The fourth-order valence-corrected chi connectivity index (χ4v) is 3.74. The summed E-state index contributed by atoms with van der Waals surface area (Å²) < 4.78 is 1.41. The van der Waals surface area contributed by atoms with Crippen LogP contribution in [0.25, 0.3) is 4.96 Å². The number of fused-ring (bicyclic) bond motifs is 1. The first-order valence-electron chi connectivity index (χ1n) is 6.92. The van der Waals surface area contributed by atoms with Gasteiger partial charge in [-0.2, -0.15) is 9.61 Å². The van der Waals surface area contributed by atoms with Crippen LogP contribution in [0.4, 0.5) is 0 Å². The Kier molecular flexibility index (Phi) is 5.32. The number of hydrogen-bond donors (Lipinski definition) is 1. The summed E-state index contributed by atoms with van der Waals surface area (Å²) in [6.07, 6.45) is 2.46. The lowest BCUT2D eigenvalue weighted by Gasteiger charge is -2.22. The molecule has 116 valence electrons. The van der Waals surface area contributed by atoms with Crippen molar-refractivity contribution in [2.75, 3.05) is 20.1 Å². The molecule has 21 heavy (non-hydrogen) atoms. The normalized spacial score (nSPS) is 19.0. The Balaban J connectivity index is 0.00000161. The van der Waals surface area contributed by atoms with Gasteiger partial charge in [0.1, 0.15) is 5.01 Å². The van der Waals surface area contributed by atoms with Crippen molar-refractivity contribution in [2.24, 2.45) is 0 Å². The van der Waals surface area contributed by atoms with E-state index in [0.717, 1.165) is 30.3 Å². The topological polar surface area (TPSA) is 62.5 Å². The van der Waals surface area contributed by atoms with E-state index in [1.807, 2.05) is 14.0 Å². The first-order valence-corrected chi connectivity index (χ1v) is 7.74. The quantitative estimate of drug-likeness (QED) is 0.909. The van der Waals surface area contributed by atoms with Crippen molar-refractivity contribution in [2.45, 2.75) is 32.4 Å². The number of nitrogens with one attached hydrogen (secondary N) is 1. The predicted molar refractivity (Wildman–Crippen MR) is 86.5 cm³/mol. The smallest absolute Gasteiger partial charge is 0.275 e. The lowest BCUT2D eigenvalue weighted by Crippen LogP contribution is -2.36. The first-order chi connectivity index (χ1) is 9.67. The highest BCUT2D eigenvalue weighted by molar-refractivity contribution is 7.16. The number of halogens is 1. The fourth-order valence-electron chi connectivity index (χ4n) is 2.77. The summed E-state index contributed by atoms with van der Waals surface area (Å²) in [5.41, 5.74) is 0.655. The van der Waals surface area contributed by atoms with Gasteiger partial charge in [-0.15, -0.1) is 12.4 Å². The van der Waals surface area contributed by atoms with Gasteiger partial charge < -0.3 is 5.32 Å². The standard InChI is InChI=1S/C13H19N5OS.ClH/c1-9-6-12(19)18-13(15-9)20-11(16-18)8-17-5-3-4-10(17)7-14-2;/h6,10,14H,3-5,7-8H2,1-2H3;1H. The molecule has 0 saturated carbocycles. The zero-order valence-electron chi connectivity index (χ0n) is 12.2. The predicted octanol–water partition coefficient (Wildman–Crippen LogP) is 1.07. The minimum absolute atomic E-state index is 0. The Morgan fingerprint density at radius 2 is 2.33 bits per heavy atom. The van der Waals surface area contributed by atoms with E-state index in [-0.39, 0.29) is 18.0 Å². The lowest BCUT2D eigenvalue weighted by atomic mass is 10.2. The van der Waals surface area contributed by atoms with E-state index in [0.29, 0.717) is 11.0 Å². The van der Waals surface area contributed by atoms with Gasteiger partial charge in [0, 0.05) is 24.3 Å². The van der Waals surface area contributed by atoms with Crippen molar-refractivity contribution in [1.82, 2.24) is 24.8 Å². The summed E-state index contributed by atoms with van der Waals surface area (Å²) >= 11 is 1.51. The molecule has 2 aromatic heterocycles. The maximum absolute atomic E-state index is 11.9. The summed E-state index contributed by atoms with van der Waals surface area (Å²) in [5.74, 6) is 0. The third-order valence-electron chi connectivity index (χ3n) is 3.69. The highest BCUT2D eigenvalue weighted by Crippen LogP contribution is 2.21. The van der Waals surface area contributed by atoms with E-state index >= 15 is 0 Å². The van der Waals surface area contributed by atoms with Crippen LogP contribution in [0.2, 0.25) is 0 Å². The van der Waals surface area contributed by atoms with Crippen LogP contribution < -0.4 is 10.9 Å². The van der Waals surface area contributed by atoms with Gasteiger partial charge >= 0.3 is 0 Å². The molecule has 1 atom stereocenters. The Morgan fingerprint density at radius 1 is 1.52 bits per heavy atom. The number of rotatable bonds is 4. The minimum Gasteiger partial charge on any atom is -0.318 e. The fraction of sp³-hybridized carbons (Fsp3) is 0.615. The maximum atomic E-state index is 11.9. The zero-order valence-corrected chi connectivity index (χ0v) is 13.8. The average molecular weight is 330 g/mol. The Bertz CT molecular complexity index is 670. The molecule has 1 aliphatic heterocycles. The maximum Gasteiger partial charge on any atom is 0.275 e. The van der Waals surface area contributed by atoms with E-state index in [1.54, 1.807) is 0 Å². The lowest BCUT2D eigenvalue weighted by molar-refractivity contribution is 0.241. The van der Waals surface area contributed by atoms with Gasteiger partial charge in [-0.1, -0.05) is 11.3 Å². The summed E-state index contributed by atoms with van der Waals surface area (Å²) in [4.78, 5) is 19.4. The molecule has 0 amide bonds. The van der Waals surface area contributed by atoms with Crippen LogP contribution in [-0.2, 0) is 6.54 Å². The van der Waals surface area contributed by atoms with Gasteiger partial charge in [-0.25, -0.2) is 4.98 Å². The van der Waals surface area contributed by atoms with Crippen molar-refractivity contribution < 1.29 is 0 Å². The molecule has 0 aliphatic carbocycles. The molecule has 1 unspecified atom stereocenters. The van der Waals surface area contributed by atoms with Crippen LogP contribution in [-0.4, -0.2) is 45.7 Å². The molecule has 3 rings (SSSR count). The molecule has 6 nitrogen and oxygen atoms in total. The molecule has 0 radical (unpaired) electrons. The second kappa shape index (κ2) is 6.83.